The molecule has 5 aromatic rings. The fourth-order valence-corrected chi connectivity index (χ4v) is 6.16. The van der Waals surface area contributed by atoms with Gasteiger partial charge in [-0.15, -0.1) is 11.3 Å². The molecule has 6 rings (SSSR count). The minimum absolute atomic E-state index is 0.234. The van der Waals surface area contributed by atoms with E-state index >= 15 is 0 Å². The maximum Gasteiger partial charge on any atom is 0.143 e. The number of nitrogens with zero attached hydrogens (tertiary/aromatic N) is 3. The van der Waals surface area contributed by atoms with E-state index < -0.39 is 0 Å². The molecular weight excluding hydrogens is 507 g/mol. The number of nitrogens with one attached hydrogen (secondary N) is 1. The number of ether oxygens (including phenoxy) is 1. The molecule has 1 aliphatic rings. The molecule has 2 aromatic heterocycles. The highest BCUT2D eigenvalue weighted by Crippen LogP contribution is 2.38. The lowest BCUT2D eigenvalue weighted by molar-refractivity contribution is 0.306. The maximum atomic E-state index is 13.4. The van der Waals surface area contributed by atoms with Gasteiger partial charge in [-0.1, -0.05) is 35.9 Å². The highest BCUT2D eigenvalue weighted by molar-refractivity contribution is 7.25. The Labute approximate surface area is 223 Å². The predicted molar refractivity (Wildman–Crippen MR) is 150 cm³/mol. The average Bonchev–Trinajstić information content (AvgIpc) is 3.55. The summed E-state index contributed by atoms with van der Waals surface area (Å²) in [7, 11) is 0. The van der Waals surface area contributed by atoms with Crippen molar-refractivity contribution in [3.05, 3.63) is 89.0 Å². The molecule has 37 heavy (non-hydrogen) atoms. The van der Waals surface area contributed by atoms with Crippen LogP contribution in [0, 0.1) is 5.82 Å². The zero-order chi connectivity index (χ0) is 25.2. The summed E-state index contributed by atoms with van der Waals surface area (Å²) in [4.78, 5) is 12.6. The molecule has 1 N–H and O–H groups in total. The van der Waals surface area contributed by atoms with Crippen molar-refractivity contribution in [2.45, 2.75) is 25.9 Å². The number of benzene rings is 3. The van der Waals surface area contributed by atoms with E-state index in [1.165, 1.54) is 48.3 Å². The summed E-state index contributed by atoms with van der Waals surface area (Å²) in [5.74, 6) is 0.986. The topological polar surface area (TPSA) is 50.3 Å². The lowest BCUT2D eigenvalue weighted by Gasteiger charge is -2.14. The molecule has 1 fully saturated rings. The Balaban J connectivity index is 1.20. The number of thiophene rings is 1. The van der Waals surface area contributed by atoms with Crippen LogP contribution >= 0.6 is 22.9 Å². The minimum atomic E-state index is -0.290. The van der Waals surface area contributed by atoms with Crippen molar-refractivity contribution in [1.29, 1.82) is 0 Å². The first-order chi connectivity index (χ1) is 18.1. The van der Waals surface area contributed by atoms with E-state index in [1.807, 2.05) is 12.1 Å². The Morgan fingerprint density at radius 3 is 2.73 bits per heavy atom. The van der Waals surface area contributed by atoms with Gasteiger partial charge in [0.15, 0.2) is 0 Å². The molecule has 0 aliphatic carbocycles. The molecule has 188 valence electrons. The third-order valence-electron chi connectivity index (χ3n) is 6.73. The number of aromatic nitrogens is 2. The Hall–Kier alpha value is -3.26. The molecule has 5 nitrogen and oxygen atoms in total. The zero-order valence-electron chi connectivity index (χ0n) is 20.2. The molecule has 0 radical (unpaired) electrons. The number of hydrogen-bond donors (Lipinski definition) is 1. The largest absolute Gasteiger partial charge is 0.487 e. The number of halogens is 2. The zero-order valence-corrected chi connectivity index (χ0v) is 21.8. The van der Waals surface area contributed by atoms with Crippen molar-refractivity contribution in [3.8, 4) is 5.75 Å². The van der Waals surface area contributed by atoms with Crippen molar-refractivity contribution in [1.82, 2.24) is 14.9 Å². The van der Waals surface area contributed by atoms with Gasteiger partial charge >= 0.3 is 0 Å². The van der Waals surface area contributed by atoms with Crippen molar-refractivity contribution in [2.75, 3.05) is 25.0 Å². The summed E-state index contributed by atoms with van der Waals surface area (Å²) < 4.78 is 20.5. The normalized spacial score (nSPS) is 14.0. The van der Waals surface area contributed by atoms with Crippen LogP contribution in [0.4, 0.5) is 15.9 Å². The summed E-state index contributed by atoms with van der Waals surface area (Å²) in [6, 6.07) is 18.6. The number of likely N-dealkylation sites (tertiary alicyclic amines) is 1. The Morgan fingerprint density at radius 2 is 1.89 bits per heavy atom. The molecule has 0 atom stereocenters. The molecule has 8 heteroatoms. The molecule has 1 saturated heterocycles. The summed E-state index contributed by atoms with van der Waals surface area (Å²) in [6.07, 6.45) is 5.29. The van der Waals surface area contributed by atoms with Crippen LogP contribution in [0.2, 0.25) is 5.02 Å². The highest BCUT2D eigenvalue weighted by Gasteiger charge is 2.15. The Bertz CT molecular complexity index is 1570. The van der Waals surface area contributed by atoms with Gasteiger partial charge in [-0.2, -0.15) is 0 Å². The van der Waals surface area contributed by atoms with Crippen molar-refractivity contribution in [3.63, 3.8) is 0 Å². The average molecular weight is 533 g/mol. The summed E-state index contributed by atoms with van der Waals surface area (Å²) in [5.41, 5.74) is 2.89. The van der Waals surface area contributed by atoms with Crippen LogP contribution in [0.5, 0.6) is 5.75 Å². The SMILES string of the molecule is Fc1cccc(COc2ccc(Nc3ncnc4sc5cc(CCN6CCCC6)ccc5c34)cc2Cl)c1. The molecular formula is C29H26ClFN4OS. The minimum Gasteiger partial charge on any atom is -0.487 e. The second-order valence-electron chi connectivity index (χ2n) is 9.32. The third-order valence-corrected chi connectivity index (χ3v) is 8.08. The molecule has 3 aromatic carbocycles. The van der Waals surface area contributed by atoms with Crippen LogP contribution in [-0.4, -0.2) is 34.5 Å². The van der Waals surface area contributed by atoms with Gasteiger partial charge in [0.05, 0.1) is 10.4 Å². The van der Waals surface area contributed by atoms with Crippen molar-refractivity contribution < 1.29 is 9.13 Å². The first kappa shape index (κ1) is 24.1. The van der Waals surface area contributed by atoms with Crippen LogP contribution in [0.1, 0.15) is 24.0 Å². The number of anilines is 2. The fourth-order valence-electron chi connectivity index (χ4n) is 4.82. The van der Waals surface area contributed by atoms with Gasteiger partial charge in [-0.25, -0.2) is 14.4 Å². The number of rotatable bonds is 8. The summed E-state index contributed by atoms with van der Waals surface area (Å²) in [6.45, 7) is 3.79. The number of hydrogen-bond acceptors (Lipinski definition) is 6. The fraction of sp³-hybridized carbons (Fsp3) is 0.241. The van der Waals surface area contributed by atoms with E-state index in [1.54, 1.807) is 35.9 Å². The van der Waals surface area contributed by atoms with E-state index in [0.717, 1.165) is 45.6 Å². The van der Waals surface area contributed by atoms with E-state index in [4.69, 9.17) is 16.3 Å². The molecule has 1 aliphatic heterocycles. The van der Waals surface area contributed by atoms with Gasteiger partial charge < -0.3 is 15.0 Å². The molecule has 0 spiro atoms. The quantitative estimate of drug-likeness (QED) is 0.223. The smallest absolute Gasteiger partial charge is 0.143 e. The molecule has 3 heterocycles. The van der Waals surface area contributed by atoms with Crippen molar-refractivity contribution in [2.24, 2.45) is 0 Å². The van der Waals surface area contributed by atoms with Gasteiger partial charge in [0.1, 0.15) is 35.1 Å². The van der Waals surface area contributed by atoms with Gasteiger partial charge in [0.2, 0.25) is 0 Å². The van der Waals surface area contributed by atoms with Crippen molar-refractivity contribution >= 4 is 54.7 Å². The lowest BCUT2D eigenvalue weighted by Crippen LogP contribution is -2.21. The molecule has 0 saturated carbocycles. The lowest BCUT2D eigenvalue weighted by atomic mass is 10.1. The molecule has 0 unspecified atom stereocenters. The van der Waals surface area contributed by atoms with Crippen LogP contribution in [0.15, 0.2) is 67.0 Å². The van der Waals surface area contributed by atoms with E-state index in [0.29, 0.717) is 10.8 Å². The van der Waals surface area contributed by atoms with Gasteiger partial charge in [0, 0.05) is 22.3 Å². The van der Waals surface area contributed by atoms with Gasteiger partial charge in [-0.3, -0.25) is 0 Å². The van der Waals surface area contributed by atoms with Crippen LogP contribution in [0.25, 0.3) is 20.3 Å². The monoisotopic (exact) mass is 532 g/mol. The predicted octanol–water partition coefficient (Wildman–Crippen LogP) is 7.60. The third kappa shape index (κ3) is 5.39. The van der Waals surface area contributed by atoms with Gasteiger partial charge in [0.25, 0.3) is 0 Å². The first-order valence-corrected chi connectivity index (χ1v) is 13.6. The van der Waals surface area contributed by atoms with E-state index in [9.17, 15) is 4.39 Å². The summed E-state index contributed by atoms with van der Waals surface area (Å²) in [5, 5.41) is 6.03. The standard InChI is InChI=1S/C29H26ClFN4OS/c30-24-16-22(7-9-25(24)36-17-20-4-3-5-21(31)14-20)34-28-27-23-8-6-19(10-13-35-11-1-2-12-35)15-26(23)37-29(27)33-18-32-28/h3-9,14-16,18H,1-2,10-13,17H2,(H,32,33,34). The second kappa shape index (κ2) is 10.6. The number of fused-ring (bicyclic) bond motifs is 3. The highest BCUT2D eigenvalue weighted by atomic mass is 35.5. The summed E-state index contributed by atoms with van der Waals surface area (Å²) >= 11 is 8.20. The molecule has 0 amide bonds. The van der Waals surface area contributed by atoms with E-state index in [2.05, 4.69) is 38.4 Å². The van der Waals surface area contributed by atoms with Crippen LogP contribution in [0.3, 0.4) is 0 Å². The first-order valence-electron chi connectivity index (χ1n) is 12.4. The van der Waals surface area contributed by atoms with E-state index in [-0.39, 0.29) is 12.4 Å². The Kier molecular flexibility index (Phi) is 6.91. The molecule has 0 bridgehead atoms. The van der Waals surface area contributed by atoms with Crippen LogP contribution < -0.4 is 10.1 Å². The van der Waals surface area contributed by atoms with Gasteiger partial charge in [-0.05, 0) is 79.9 Å². The second-order valence-corrected chi connectivity index (χ2v) is 10.8. The van der Waals surface area contributed by atoms with Crippen LogP contribution in [-0.2, 0) is 13.0 Å². The maximum absolute atomic E-state index is 13.4. The Morgan fingerprint density at radius 1 is 1.00 bits per heavy atom.